The molecular formula is C26H34N4O7. The standard InChI is InChI=1S/C26H34N4O7/c1-29-11-9-26-15-4-6-18(31)23(26)37-22-19(7-3-14(21(22)26)13-17(15)29)36-25(35)30(2)12-10-28-24(34)16(27)5-8-20(32)33/h3,7,15-17,23H,4-6,8-13,27H2,1-2H3,(H,28,34)(H,32,33)/t15?,16-,17?,23?,26?/m0/s1. The van der Waals surface area contributed by atoms with E-state index in [4.69, 9.17) is 20.3 Å². The first-order chi connectivity index (χ1) is 17.6. The molecule has 2 heterocycles. The van der Waals surface area contributed by atoms with E-state index in [2.05, 4.69) is 17.3 Å². The molecular weight excluding hydrogens is 480 g/mol. The Balaban J connectivity index is 1.27. The highest BCUT2D eigenvalue weighted by Gasteiger charge is 2.65. The summed E-state index contributed by atoms with van der Waals surface area (Å²) in [5.74, 6) is -0.211. The molecule has 200 valence electrons. The molecule has 11 nitrogen and oxygen atoms in total. The number of Topliss-reactive ketones (excluding diaryl/α,β-unsaturated/α-hetero) is 1. The highest BCUT2D eigenvalue weighted by Crippen LogP contribution is 2.63. The molecule has 2 bridgehead atoms. The zero-order chi connectivity index (χ0) is 26.5. The summed E-state index contributed by atoms with van der Waals surface area (Å²) in [6.07, 6.45) is 1.77. The molecule has 11 heteroatoms. The highest BCUT2D eigenvalue weighted by atomic mass is 16.6. The molecule has 5 rings (SSSR count). The number of hydrogen-bond donors (Lipinski definition) is 3. The summed E-state index contributed by atoms with van der Waals surface area (Å²) >= 11 is 0. The number of carbonyl (C=O) groups excluding carboxylic acids is 3. The Bertz CT molecular complexity index is 1140. The molecule has 2 amide bonds. The van der Waals surface area contributed by atoms with Crippen molar-refractivity contribution in [2.24, 2.45) is 11.7 Å². The first-order valence-electron chi connectivity index (χ1n) is 12.9. The van der Waals surface area contributed by atoms with Gasteiger partial charge in [-0.25, -0.2) is 4.79 Å². The largest absolute Gasteiger partial charge is 0.481 e. The molecule has 1 aromatic carbocycles. The van der Waals surface area contributed by atoms with Gasteiger partial charge in [-0.2, -0.15) is 0 Å². The first-order valence-corrected chi connectivity index (χ1v) is 12.9. The Labute approximate surface area is 215 Å². The predicted octanol–water partition coefficient (Wildman–Crippen LogP) is 0.664. The van der Waals surface area contributed by atoms with E-state index in [0.717, 1.165) is 36.9 Å². The van der Waals surface area contributed by atoms with Gasteiger partial charge in [-0.15, -0.1) is 0 Å². The Kier molecular flexibility index (Phi) is 6.61. The molecule has 0 aromatic heterocycles. The molecule has 1 aromatic rings. The number of rotatable bonds is 8. The average Bonchev–Trinajstić information content (AvgIpc) is 3.22. The van der Waals surface area contributed by atoms with Gasteiger partial charge in [0.15, 0.2) is 23.4 Å². The van der Waals surface area contributed by atoms with E-state index >= 15 is 0 Å². The number of ether oxygens (including phenoxy) is 2. The first kappa shape index (κ1) is 25.5. The SMILES string of the molecule is CN(CCNC(=O)[C@@H](N)CCC(=O)O)C(=O)Oc1ccc2c3c1OC1C(=O)CCC4C(C2)N(C)CCC314. The molecule has 4 N–H and O–H groups in total. The molecule has 37 heavy (non-hydrogen) atoms. The number of carbonyl (C=O) groups is 4. The van der Waals surface area contributed by atoms with Crippen LogP contribution in [0.25, 0.3) is 0 Å². The molecule has 1 saturated heterocycles. The second-order valence-corrected chi connectivity index (χ2v) is 10.7. The number of ketones is 1. The van der Waals surface area contributed by atoms with Crippen LogP contribution in [-0.4, -0.2) is 90.6 Å². The van der Waals surface area contributed by atoms with Crippen molar-refractivity contribution >= 4 is 23.8 Å². The van der Waals surface area contributed by atoms with Crippen LogP contribution in [0, 0.1) is 5.92 Å². The van der Waals surface area contributed by atoms with Gasteiger partial charge in [0.25, 0.3) is 0 Å². The van der Waals surface area contributed by atoms with Crippen molar-refractivity contribution in [2.45, 2.75) is 62.1 Å². The summed E-state index contributed by atoms with van der Waals surface area (Å²) in [5.41, 5.74) is 7.56. The number of likely N-dealkylation sites (tertiary alicyclic amines) is 1. The number of nitrogens with two attached hydrogens (primary N) is 1. The Morgan fingerprint density at radius 1 is 1.38 bits per heavy atom. The second-order valence-electron chi connectivity index (χ2n) is 10.7. The summed E-state index contributed by atoms with van der Waals surface area (Å²) in [4.78, 5) is 52.3. The van der Waals surface area contributed by atoms with Crippen LogP contribution >= 0.6 is 0 Å². The van der Waals surface area contributed by atoms with E-state index in [1.54, 1.807) is 13.1 Å². The van der Waals surface area contributed by atoms with Crippen molar-refractivity contribution in [3.63, 3.8) is 0 Å². The number of amides is 2. The number of piperidine rings is 1. The van der Waals surface area contributed by atoms with Gasteiger partial charge in [-0.05, 0) is 56.8 Å². The maximum atomic E-state index is 13.0. The fraction of sp³-hybridized carbons (Fsp3) is 0.615. The molecule has 0 radical (unpaired) electrons. The Hall–Kier alpha value is -3.18. The molecule has 4 aliphatic rings. The van der Waals surface area contributed by atoms with Crippen LogP contribution in [0.15, 0.2) is 12.1 Å². The summed E-state index contributed by atoms with van der Waals surface area (Å²) in [6, 6.07) is 3.18. The normalized spacial score (nSPS) is 28.1. The number of benzene rings is 1. The molecule has 5 atom stereocenters. The quantitative estimate of drug-likeness (QED) is 0.454. The minimum atomic E-state index is -1.02. The maximum absolute atomic E-state index is 13.0. The van der Waals surface area contributed by atoms with Gasteiger partial charge in [0, 0.05) is 50.0 Å². The fourth-order valence-corrected chi connectivity index (χ4v) is 6.74. The van der Waals surface area contributed by atoms with Crippen LogP contribution in [0.3, 0.4) is 0 Å². The third-order valence-corrected chi connectivity index (χ3v) is 8.63. The number of carboxylic acid groups (broad SMARTS) is 1. The van der Waals surface area contributed by atoms with E-state index < -0.39 is 30.1 Å². The molecule has 2 fully saturated rings. The third-order valence-electron chi connectivity index (χ3n) is 8.63. The number of nitrogens with one attached hydrogen (secondary N) is 1. The molecule has 2 aliphatic heterocycles. The zero-order valence-electron chi connectivity index (χ0n) is 21.2. The van der Waals surface area contributed by atoms with Gasteiger partial charge in [-0.1, -0.05) is 6.07 Å². The van der Waals surface area contributed by atoms with Gasteiger partial charge in [0.2, 0.25) is 5.91 Å². The monoisotopic (exact) mass is 514 g/mol. The lowest BCUT2D eigenvalue weighted by atomic mass is 9.52. The smallest absolute Gasteiger partial charge is 0.415 e. The number of hydrogen-bond acceptors (Lipinski definition) is 8. The topological polar surface area (TPSA) is 152 Å². The number of likely N-dealkylation sites (N-methyl/N-ethyl adjacent to an activating group) is 2. The summed E-state index contributed by atoms with van der Waals surface area (Å²) < 4.78 is 12.1. The predicted molar refractivity (Wildman–Crippen MR) is 132 cm³/mol. The van der Waals surface area contributed by atoms with E-state index in [-0.39, 0.29) is 37.1 Å². The lowest BCUT2D eigenvalue weighted by Gasteiger charge is -2.57. The van der Waals surface area contributed by atoms with E-state index in [1.165, 1.54) is 4.90 Å². The Morgan fingerprint density at radius 2 is 2.16 bits per heavy atom. The van der Waals surface area contributed by atoms with Crippen molar-refractivity contribution in [2.75, 3.05) is 33.7 Å². The van der Waals surface area contributed by atoms with Crippen LogP contribution in [0.1, 0.15) is 43.2 Å². The van der Waals surface area contributed by atoms with Crippen LogP contribution in [0.5, 0.6) is 11.5 Å². The average molecular weight is 515 g/mol. The van der Waals surface area contributed by atoms with Crippen molar-refractivity contribution in [1.29, 1.82) is 0 Å². The summed E-state index contributed by atoms with van der Waals surface area (Å²) in [6.45, 7) is 1.19. The van der Waals surface area contributed by atoms with Crippen molar-refractivity contribution in [1.82, 2.24) is 15.1 Å². The Morgan fingerprint density at radius 3 is 2.92 bits per heavy atom. The lowest BCUT2D eigenvalue weighted by molar-refractivity contribution is -0.138. The molecule has 2 aliphatic carbocycles. The minimum Gasteiger partial charge on any atom is -0.481 e. The van der Waals surface area contributed by atoms with Gasteiger partial charge in [0.1, 0.15) is 0 Å². The van der Waals surface area contributed by atoms with Gasteiger partial charge in [-0.3, -0.25) is 14.4 Å². The van der Waals surface area contributed by atoms with Gasteiger partial charge >= 0.3 is 12.1 Å². The van der Waals surface area contributed by atoms with E-state index in [0.29, 0.717) is 29.9 Å². The molecule has 1 spiro atoms. The van der Waals surface area contributed by atoms with Crippen molar-refractivity contribution in [3.05, 3.63) is 23.3 Å². The second kappa shape index (κ2) is 9.60. The van der Waals surface area contributed by atoms with Crippen molar-refractivity contribution in [3.8, 4) is 11.5 Å². The van der Waals surface area contributed by atoms with Crippen LogP contribution in [0.4, 0.5) is 4.79 Å². The minimum absolute atomic E-state index is 0.0308. The summed E-state index contributed by atoms with van der Waals surface area (Å²) in [5, 5.41) is 11.3. The number of carboxylic acids is 1. The van der Waals surface area contributed by atoms with Crippen LogP contribution in [-0.2, 0) is 26.2 Å². The molecule has 1 saturated carbocycles. The summed E-state index contributed by atoms with van der Waals surface area (Å²) in [7, 11) is 3.71. The van der Waals surface area contributed by atoms with Gasteiger partial charge in [0.05, 0.1) is 6.04 Å². The third kappa shape index (κ3) is 4.23. The number of aliphatic carboxylic acids is 1. The van der Waals surface area contributed by atoms with E-state index in [9.17, 15) is 19.2 Å². The zero-order valence-corrected chi connectivity index (χ0v) is 21.2. The number of nitrogens with zero attached hydrogens (tertiary/aromatic N) is 2. The van der Waals surface area contributed by atoms with Gasteiger partial charge < -0.3 is 35.4 Å². The highest BCUT2D eigenvalue weighted by molar-refractivity contribution is 5.89. The van der Waals surface area contributed by atoms with E-state index in [1.807, 2.05) is 6.07 Å². The van der Waals surface area contributed by atoms with Crippen LogP contribution in [0.2, 0.25) is 0 Å². The van der Waals surface area contributed by atoms with Crippen LogP contribution < -0.4 is 20.5 Å². The lowest BCUT2D eigenvalue weighted by Crippen LogP contribution is -2.65. The fourth-order valence-electron chi connectivity index (χ4n) is 6.74. The van der Waals surface area contributed by atoms with Crippen molar-refractivity contribution < 1.29 is 33.8 Å². The maximum Gasteiger partial charge on any atom is 0.415 e. The molecule has 4 unspecified atom stereocenters.